The van der Waals surface area contributed by atoms with Gasteiger partial charge in [0.1, 0.15) is 0 Å². The highest BCUT2D eigenvalue weighted by Gasteiger charge is 2.22. The van der Waals surface area contributed by atoms with Crippen LogP contribution in [0.3, 0.4) is 0 Å². The van der Waals surface area contributed by atoms with Gasteiger partial charge in [0.05, 0.1) is 12.1 Å². The normalized spacial score (nSPS) is 18.8. The summed E-state index contributed by atoms with van der Waals surface area (Å²) in [6.07, 6.45) is 3.02. The predicted molar refractivity (Wildman–Crippen MR) is 59.7 cm³/mol. The summed E-state index contributed by atoms with van der Waals surface area (Å²) in [4.78, 5) is 31.1. The Hall–Kier alpha value is -2.10. The number of hydrogen-bond acceptors (Lipinski definition) is 4. The molecule has 0 fully saturated rings. The Bertz CT molecular complexity index is 501. The molecule has 0 saturated carbocycles. The predicted octanol–water partition coefficient (Wildman–Crippen LogP) is 1.64. The zero-order chi connectivity index (χ0) is 11.5. The first-order chi connectivity index (χ1) is 7.66. The molecule has 0 bridgehead atoms. The standard InChI is InChI=1S/C12H10N2O2/c1-8-6-9(15)7-10(12(8)16)14-11-4-2-3-5-13-11/h2-6H,7H2,1H3. The first-order valence-corrected chi connectivity index (χ1v) is 4.91. The summed E-state index contributed by atoms with van der Waals surface area (Å²) in [5.41, 5.74) is 0.703. The lowest BCUT2D eigenvalue weighted by Gasteiger charge is -2.09. The lowest BCUT2D eigenvalue weighted by molar-refractivity contribution is -0.116. The van der Waals surface area contributed by atoms with Crippen molar-refractivity contribution in [2.45, 2.75) is 13.3 Å². The summed E-state index contributed by atoms with van der Waals surface area (Å²) in [6.45, 7) is 1.62. The number of carbonyl (C=O) groups excluding carboxylic acids is 2. The fraction of sp³-hybridized carbons (Fsp3) is 0.167. The number of Topliss-reactive ketones (excluding diaryl/α,β-unsaturated/α-hetero) is 1. The molecule has 1 aromatic heterocycles. The van der Waals surface area contributed by atoms with Crippen LogP contribution in [0.15, 0.2) is 41.0 Å². The quantitative estimate of drug-likeness (QED) is 0.714. The lowest BCUT2D eigenvalue weighted by atomic mass is 9.96. The number of rotatable bonds is 1. The van der Waals surface area contributed by atoms with Crippen LogP contribution in [0.1, 0.15) is 13.3 Å². The molecule has 0 N–H and O–H groups in total. The van der Waals surface area contributed by atoms with Crippen LogP contribution in [0.5, 0.6) is 0 Å². The molecule has 2 rings (SSSR count). The van der Waals surface area contributed by atoms with Crippen LogP contribution in [0.4, 0.5) is 5.82 Å². The van der Waals surface area contributed by atoms with Gasteiger partial charge in [0.2, 0.25) is 5.78 Å². The molecule has 80 valence electrons. The highest BCUT2D eigenvalue weighted by Crippen LogP contribution is 2.14. The molecule has 1 aromatic rings. The molecule has 0 amide bonds. The molecule has 1 aliphatic carbocycles. The van der Waals surface area contributed by atoms with E-state index in [4.69, 9.17) is 0 Å². The molecule has 0 aliphatic heterocycles. The fourth-order valence-electron chi connectivity index (χ4n) is 1.48. The highest BCUT2D eigenvalue weighted by molar-refractivity contribution is 6.51. The number of aromatic nitrogens is 1. The third-order valence-electron chi connectivity index (χ3n) is 2.24. The number of allylic oxidation sites excluding steroid dienone is 2. The summed E-state index contributed by atoms with van der Waals surface area (Å²) in [5.74, 6) is 0.186. The van der Waals surface area contributed by atoms with E-state index >= 15 is 0 Å². The van der Waals surface area contributed by atoms with Gasteiger partial charge in [0.25, 0.3) is 0 Å². The Morgan fingerprint density at radius 1 is 1.31 bits per heavy atom. The average molecular weight is 214 g/mol. The maximum atomic E-state index is 11.7. The number of nitrogens with zero attached hydrogens (tertiary/aromatic N) is 2. The van der Waals surface area contributed by atoms with E-state index in [9.17, 15) is 9.59 Å². The molecule has 0 aromatic carbocycles. The van der Waals surface area contributed by atoms with Gasteiger partial charge in [-0.3, -0.25) is 9.59 Å². The minimum atomic E-state index is -0.176. The van der Waals surface area contributed by atoms with E-state index in [1.54, 1.807) is 31.3 Å². The smallest absolute Gasteiger partial charge is 0.203 e. The Morgan fingerprint density at radius 3 is 2.81 bits per heavy atom. The Kier molecular flexibility index (Phi) is 2.72. The van der Waals surface area contributed by atoms with Crippen molar-refractivity contribution in [3.63, 3.8) is 0 Å². The summed E-state index contributed by atoms with van der Waals surface area (Å²) >= 11 is 0. The van der Waals surface area contributed by atoms with Crippen LogP contribution in [-0.2, 0) is 9.59 Å². The lowest BCUT2D eigenvalue weighted by Crippen LogP contribution is -2.23. The maximum absolute atomic E-state index is 11.7. The van der Waals surface area contributed by atoms with Crippen molar-refractivity contribution in [1.82, 2.24) is 4.98 Å². The number of carbonyl (C=O) groups is 2. The molecule has 0 atom stereocenters. The minimum Gasteiger partial charge on any atom is -0.294 e. The van der Waals surface area contributed by atoms with Crippen LogP contribution in [-0.4, -0.2) is 22.3 Å². The molecule has 0 spiro atoms. The van der Waals surface area contributed by atoms with Crippen molar-refractivity contribution in [2.24, 2.45) is 4.99 Å². The van der Waals surface area contributed by atoms with Gasteiger partial charge >= 0.3 is 0 Å². The Balaban J connectivity index is 2.36. The molecule has 0 unspecified atom stereocenters. The molecule has 4 heteroatoms. The van der Waals surface area contributed by atoms with Crippen molar-refractivity contribution < 1.29 is 9.59 Å². The zero-order valence-corrected chi connectivity index (χ0v) is 8.80. The maximum Gasteiger partial charge on any atom is 0.203 e. The molecule has 1 aliphatic rings. The van der Waals surface area contributed by atoms with Crippen molar-refractivity contribution in [1.29, 1.82) is 0 Å². The van der Waals surface area contributed by atoms with Gasteiger partial charge in [-0.15, -0.1) is 0 Å². The van der Waals surface area contributed by atoms with E-state index in [-0.39, 0.29) is 23.7 Å². The van der Waals surface area contributed by atoms with Crippen molar-refractivity contribution in [3.05, 3.63) is 36.0 Å². The van der Waals surface area contributed by atoms with Crippen LogP contribution in [0.25, 0.3) is 0 Å². The van der Waals surface area contributed by atoms with Gasteiger partial charge < -0.3 is 0 Å². The fourth-order valence-corrected chi connectivity index (χ4v) is 1.48. The molecule has 1 heterocycles. The van der Waals surface area contributed by atoms with Crippen molar-refractivity contribution in [3.8, 4) is 0 Å². The SMILES string of the molecule is CC1=CC(=O)CC(=Nc2ccccn2)C1=O. The van der Waals surface area contributed by atoms with Crippen LogP contribution < -0.4 is 0 Å². The second-order valence-corrected chi connectivity index (χ2v) is 3.55. The zero-order valence-electron chi connectivity index (χ0n) is 8.80. The summed E-state index contributed by atoms with van der Waals surface area (Å²) in [7, 11) is 0. The number of aliphatic imine (C=N–C) groups is 1. The molecular formula is C12H10N2O2. The first kappa shape index (κ1) is 10.4. The molecule has 0 saturated heterocycles. The highest BCUT2D eigenvalue weighted by atomic mass is 16.1. The van der Waals surface area contributed by atoms with E-state index < -0.39 is 0 Å². The molecule has 4 nitrogen and oxygen atoms in total. The summed E-state index contributed by atoms with van der Waals surface area (Å²) in [5, 5.41) is 0. The van der Waals surface area contributed by atoms with Crippen LogP contribution >= 0.6 is 0 Å². The van der Waals surface area contributed by atoms with Gasteiger partial charge in [-0.25, -0.2) is 9.98 Å². The summed E-state index contributed by atoms with van der Waals surface area (Å²) < 4.78 is 0. The molecular weight excluding hydrogens is 204 g/mol. The van der Waals surface area contributed by atoms with E-state index in [0.717, 1.165) is 0 Å². The van der Waals surface area contributed by atoms with Crippen LogP contribution in [0, 0.1) is 0 Å². The van der Waals surface area contributed by atoms with Gasteiger partial charge in [-0.1, -0.05) is 6.07 Å². The monoisotopic (exact) mass is 214 g/mol. The van der Waals surface area contributed by atoms with E-state index in [1.165, 1.54) is 6.08 Å². The molecule has 16 heavy (non-hydrogen) atoms. The third-order valence-corrected chi connectivity index (χ3v) is 2.24. The average Bonchev–Trinajstić information content (AvgIpc) is 2.27. The van der Waals surface area contributed by atoms with Crippen molar-refractivity contribution in [2.75, 3.05) is 0 Å². The van der Waals surface area contributed by atoms with Crippen molar-refractivity contribution >= 4 is 23.1 Å². The minimum absolute atomic E-state index is 0.0622. The van der Waals surface area contributed by atoms with Crippen LogP contribution in [0.2, 0.25) is 0 Å². The van der Waals surface area contributed by atoms with E-state index in [0.29, 0.717) is 11.4 Å². The van der Waals surface area contributed by atoms with Gasteiger partial charge in [0.15, 0.2) is 11.6 Å². The van der Waals surface area contributed by atoms with Gasteiger partial charge in [0, 0.05) is 11.8 Å². The molecule has 0 radical (unpaired) electrons. The number of pyridine rings is 1. The Morgan fingerprint density at radius 2 is 2.12 bits per heavy atom. The van der Waals surface area contributed by atoms with Gasteiger partial charge in [-0.2, -0.15) is 0 Å². The van der Waals surface area contributed by atoms with Gasteiger partial charge in [-0.05, 0) is 25.1 Å². The number of hydrogen-bond donors (Lipinski definition) is 0. The largest absolute Gasteiger partial charge is 0.294 e. The first-order valence-electron chi connectivity index (χ1n) is 4.91. The van der Waals surface area contributed by atoms with E-state index in [1.807, 2.05) is 0 Å². The summed E-state index contributed by atoms with van der Waals surface area (Å²) in [6, 6.07) is 5.24. The Labute approximate surface area is 92.7 Å². The second-order valence-electron chi connectivity index (χ2n) is 3.55. The van der Waals surface area contributed by atoms with E-state index in [2.05, 4.69) is 9.98 Å². The topological polar surface area (TPSA) is 59.4 Å². The second kappa shape index (κ2) is 4.18. The number of ketones is 2. The third kappa shape index (κ3) is 2.11.